The van der Waals surface area contributed by atoms with Gasteiger partial charge in [-0.15, -0.1) is 0 Å². The summed E-state index contributed by atoms with van der Waals surface area (Å²) in [7, 11) is 0. The van der Waals surface area contributed by atoms with Crippen molar-refractivity contribution in [1.29, 1.82) is 0 Å². The zero-order valence-corrected chi connectivity index (χ0v) is 14.7. The summed E-state index contributed by atoms with van der Waals surface area (Å²) in [5.74, 6) is -1.47. The summed E-state index contributed by atoms with van der Waals surface area (Å²) in [6.45, 7) is 2.14. The average Bonchev–Trinajstić information content (AvgIpc) is 2.41. The first kappa shape index (κ1) is 18.9. The van der Waals surface area contributed by atoms with Gasteiger partial charge >= 0.3 is 6.18 Å². The van der Waals surface area contributed by atoms with E-state index in [4.69, 9.17) is 11.8 Å². The molecule has 0 heterocycles. The van der Waals surface area contributed by atoms with Crippen LogP contribution in [-0.2, 0) is 24.4 Å². The van der Waals surface area contributed by atoms with Gasteiger partial charge in [-0.25, -0.2) is 0 Å². The molecule has 0 bridgehead atoms. The molecule has 0 radical (unpaired) electrons. The largest absolute Gasteiger partial charge is 0.420 e. The molecule has 1 atom stereocenters. The van der Waals surface area contributed by atoms with Crippen molar-refractivity contribution in [2.45, 2.75) is 58.0 Å². The molecule has 0 nitrogen and oxygen atoms in total. The summed E-state index contributed by atoms with van der Waals surface area (Å²) < 4.78 is 39.8. The summed E-state index contributed by atoms with van der Waals surface area (Å²) >= 11 is 9.04. The lowest BCUT2D eigenvalue weighted by Crippen LogP contribution is -2.19. The Bertz CT molecular complexity index is 472. The molecule has 1 aromatic carbocycles. The predicted octanol–water partition coefficient (Wildman–Crippen LogP) is 6.02. The highest BCUT2D eigenvalue weighted by atomic mass is 32.9. The highest BCUT2D eigenvalue weighted by Gasteiger charge is 2.39. The molecule has 0 spiro atoms. The van der Waals surface area contributed by atoms with E-state index in [-0.39, 0.29) is 5.30 Å². The number of thiol groups is 1. The van der Waals surface area contributed by atoms with E-state index in [0.717, 1.165) is 25.7 Å². The maximum absolute atomic E-state index is 13.3. The van der Waals surface area contributed by atoms with E-state index in [1.165, 1.54) is 18.9 Å². The fourth-order valence-electron chi connectivity index (χ4n) is 2.38. The van der Waals surface area contributed by atoms with Crippen LogP contribution in [0.3, 0.4) is 0 Å². The molecule has 0 aliphatic rings. The SMILES string of the molecule is CCCCCCCCc1cccc([P+](=S)S)c1C(F)(F)F. The standard InChI is InChI=1S/C15H20F3PS2/c1-2-3-4-5-6-7-9-12-10-8-11-13(19(20)21)14(12)15(16,17)18/h8,10-11H,2-7,9H2,1H3/p+1. The minimum atomic E-state index is -4.35. The summed E-state index contributed by atoms with van der Waals surface area (Å²) in [5, 5.41) is 0.166. The molecule has 0 fully saturated rings. The van der Waals surface area contributed by atoms with Gasteiger partial charge < -0.3 is 0 Å². The van der Waals surface area contributed by atoms with Gasteiger partial charge in [-0.1, -0.05) is 51.2 Å². The second-order valence-corrected chi connectivity index (χ2v) is 9.23. The Labute approximate surface area is 136 Å². The van der Waals surface area contributed by atoms with Gasteiger partial charge in [-0.2, -0.15) is 13.2 Å². The molecule has 0 N–H and O–H groups in total. The summed E-state index contributed by atoms with van der Waals surface area (Å²) in [5.41, 5.74) is -0.184. The van der Waals surface area contributed by atoms with Crippen LogP contribution in [-0.4, -0.2) is 0 Å². The van der Waals surface area contributed by atoms with Crippen molar-refractivity contribution < 1.29 is 13.2 Å². The molecule has 21 heavy (non-hydrogen) atoms. The number of benzene rings is 1. The van der Waals surface area contributed by atoms with Gasteiger partial charge in [0.2, 0.25) is 0 Å². The maximum Gasteiger partial charge on any atom is 0.420 e. The molecule has 0 saturated carbocycles. The number of halogens is 3. The van der Waals surface area contributed by atoms with Crippen molar-refractivity contribution in [2.24, 2.45) is 0 Å². The fourth-order valence-corrected chi connectivity index (χ4v) is 4.01. The van der Waals surface area contributed by atoms with E-state index in [1.807, 2.05) is 0 Å². The number of hydrogen-bond donors (Lipinski definition) is 1. The highest BCUT2D eigenvalue weighted by Crippen LogP contribution is 2.38. The molecule has 6 heteroatoms. The molecule has 118 valence electrons. The maximum atomic E-state index is 13.3. The molecule has 0 aliphatic carbocycles. The lowest BCUT2D eigenvalue weighted by molar-refractivity contribution is -0.137. The zero-order chi connectivity index (χ0) is 15.9. The smallest absolute Gasteiger partial charge is 0.166 e. The summed E-state index contributed by atoms with van der Waals surface area (Å²) in [6, 6.07) is 4.69. The second-order valence-electron chi connectivity index (χ2n) is 5.10. The highest BCUT2D eigenvalue weighted by molar-refractivity contribution is 8.58. The number of aryl methyl sites for hydroxylation is 1. The second kappa shape index (κ2) is 9.12. The third kappa shape index (κ3) is 6.25. The summed E-state index contributed by atoms with van der Waals surface area (Å²) in [4.78, 5) is 0. The van der Waals surface area contributed by atoms with Crippen LogP contribution >= 0.6 is 18.1 Å². The van der Waals surface area contributed by atoms with Crippen molar-refractivity contribution >= 4 is 35.3 Å². The van der Waals surface area contributed by atoms with Crippen molar-refractivity contribution in [3.8, 4) is 0 Å². The van der Waals surface area contributed by atoms with Crippen LogP contribution in [0.15, 0.2) is 18.2 Å². The minimum Gasteiger partial charge on any atom is -0.166 e. The monoisotopic (exact) mass is 353 g/mol. The lowest BCUT2D eigenvalue weighted by Gasteiger charge is -2.13. The first-order valence-electron chi connectivity index (χ1n) is 7.23. The van der Waals surface area contributed by atoms with Crippen molar-refractivity contribution in [3.63, 3.8) is 0 Å². The van der Waals surface area contributed by atoms with Gasteiger partial charge in [-0.3, -0.25) is 0 Å². The van der Waals surface area contributed by atoms with Crippen LogP contribution in [0.5, 0.6) is 0 Å². The molecule has 1 aromatic rings. The number of alkyl halides is 3. The van der Waals surface area contributed by atoms with Crippen LogP contribution in [0.4, 0.5) is 13.2 Å². The van der Waals surface area contributed by atoms with Crippen LogP contribution in [0, 0.1) is 0 Å². The van der Waals surface area contributed by atoms with E-state index in [9.17, 15) is 13.2 Å². The first-order valence-corrected chi connectivity index (χ1v) is 10.7. The Balaban J connectivity index is 2.78. The molecule has 0 aliphatic heterocycles. The lowest BCUT2D eigenvalue weighted by atomic mass is 10.00. The van der Waals surface area contributed by atoms with Gasteiger partial charge in [0.1, 0.15) is 5.56 Å². The Morgan fingerprint density at radius 3 is 2.29 bits per heavy atom. The minimum absolute atomic E-state index is 0.166. The van der Waals surface area contributed by atoms with Crippen LogP contribution in [0.25, 0.3) is 0 Å². The van der Waals surface area contributed by atoms with Gasteiger partial charge in [0.15, 0.2) is 17.1 Å². The Kier molecular flexibility index (Phi) is 8.22. The molecular weight excluding hydrogens is 332 g/mol. The van der Waals surface area contributed by atoms with E-state index in [1.54, 1.807) is 12.1 Å². The van der Waals surface area contributed by atoms with Crippen LogP contribution < -0.4 is 5.30 Å². The Morgan fingerprint density at radius 2 is 1.71 bits per heavy atom. The molecule has 1 unspecified atom stereocenters. The van der Waals surface area contributed by atoms with E-state index < -0.39 is 17.6 Å². The normalized spacial score (nSPS) is 12.5. The Morgan fingerprint density at radius 1 is 1.10 bits per heavy atom. The third-order valence-electron chi connectivity index (χ3n) is 3.42. The van der Waals surface area contributed by atoms with Crippen molar-refractivity contribution in [3.05, 3.63) is 29.3 Å². The van der Waals surface area contributed by atoms with Crippen molar-refractivity contribution in [2.75, 3.05) is 0 Å². The fraction of sp³-hybridized carbons (Fsp3) is 0.600. The molecule has 0 amide bonds. The zero-order valence-electron chi connectivity index (χ0n) is 12.1. The van der Waals surface area contributed by atoms with Crippen LogP contribution in [0.1, 0.15) is 56.6 Å². The quantitative estimate of drug-likeness (QED) is 0.339. The van der Waals surface area contributed by atoms with Gasteiger partial charge in [0.25, 0.3) is 5.90 Å². The van der Waals surface area contributed by atoms with E-state index in [2.05, 4.69) is 19.2 Å². The Hall–Kier alpha value is -0.120. The molecule has 0 saturated heterocycles. The number of unbranched alkanes of at least 4 members (excludes halogenated alkanes) is 5. The van der Waals surface area contributed by atoms with Crippen LogP contribution in [0.2, 0.25) is 0 Å². The number of hydrogen-bond acceptors (Lipinski definition) is 1. The molecular formula is C15H21F3PS2+. The summed E-state index contributed by atoms with van der Waals surface area (Å²) in [6.07, 6.45) is 2.50. The third-order valence-corrected chi connectivity index (χ3v) is 5.44. The van der Waals surface area contributed by atoms with Gasteiger partial charge in [0.05, 0.1) is 12.2 Å². The predicted molar refractivity (Wildman–Crippen MR) is 91.4 cm³/mol. The van der Waals surface area contributed by atoms with Crippen molar-refractivity contribution in [1.82, 2.24) is 0 Å². The van der Waals surface area contributed by atoms with E-state index in [0.29, 0.717) is 12.0 Å². The first-order chi connectivity index (χ1) is 9.88. The number of rotatable bonds is 8. The average molecular weight is 353 g/mol. The van der Waals surface area contributed by atoms with E-state index >= 15 is 0 Å². The topological polar surface area (TPSA) is 0 Å². The van der Waals surface area contributed by atoms with Gasteiger partial charge in [-0.05, 0) is 24.5 Å². The molecule has 1 rings (SSSR count). The van der Waals surface area contributed by atoms with Gasteiger partial charge in [0, 0.05) is 0 Å². The molecule has 0 aromatic heterocycles.